The molecule has 0 atom stereocenters. The molecule has 0 aliphatic carbocycles. The zero-order valence-corrected chi connectivity index (χ0v) is 22.0. The van der Waals surface area contributed by atoms with E-state index in [2.05, 4.69) is 108 Å². The van der Waals surface area contributed by atoms with Crippen molar-refractivity contribution in [3.8, 4) is 5.30 Å². The highest BCUT2D eigenvalue weighted by molar-refractivity contribution is 7.67. The molecular formula is C26H33PSi2. The number of benzene rings is 3. The molecule has 0 spiro atoms. The van der Waals surface area contributed by atoms with E-state index in [9.17, 15) is 0 Å². The smallest absolute Gasteiger partial charge is 0.0772 e. The molecule has 0 aliphatic rings. The van der Waals surface area contributed by atoms with Gasteiger partial charge in [0.25, 0.3) is 0 Å². The second-order valence-electron chi connectivity index (χ2n) is 10.5. The second kappa shape index (κ2) is 6.98. The quantitative estimate of drug-likeness (QED) is 0.291. The average Bonchev–Trinajstić information content (AvgIpc) is 2.91. The second-order valence-corrected chi connectivity index (χ2v) is 22.8. The average molecular weight is 433 g/mol. The first-order valence-electron chi connectivity index (χ1n) is 10.6. The highest BCUT2D eigenvalue weighted by Crippen LogP contribution is 2.55. The van der Waals surface area contributed by atoms with Crippen molar-refractivity contribution in [3.63, 3.8) is 0 Å². The molecule has 0 fully saturated rings. The number of hydrogen-bond acceptors (Lipinski definition) is 0. The van der Waals surface area contributed by atoms with Crippen LogP contribution >= 0.6 is 7.53 Å². The van der Waals surface area contributed by atoms with E-state index in [0.29, 0.717) is 0 Å². The van der Waals surface area contributed by atoms with Gasteiger partial charge in [-0.1, -0.05) is 111 Å². The molecule has 3 heteroatoms. The molecule has 1 aromatic heterocycles. The Bertz CT molecular complexity index is 1140. The van der Waals surface area contributed by atoms with Crippen LogP contribution in [0.4, 0.5) is 0 Å². The number of aryl methyl sites for hydroxylation is 2. The van der Waals surface area contributed by atoms with E-state index in [0.717, 1.165) is 0 Å². The van der Waals surface area contributed by atoms with Gasteiger partial charge in [-0.25, -0.2) is 0 Å². The summed E-state index contributed by atoms with van der Waals surface area (Å²) in [6, 6.07) is 21.4. The minimum Gasteiger partial charge on any atom is -0.0772 e. The topological polar surface area (TPSA) is 0 Å². The first kappa shape index (κ1) is 20.7. The van der Waals surface area contributed by atoms with Gasteiger partial charge in [0.15, 0.2) is 0 Å². The van der Waals surface area contributed by atoms with Gasteiger partial charge in [0.2, 0.25) is 0 Å². The zero-order chi connectivity index (χ0) is 21.1. The maximum atomic E-state index is 2.57. The third-order valence-corrected chi connectivity index (χ3v) is 12.9. The van der Waals surface area contributed by atoms with Crippen LogP contribution in [0.3, 0.4) is 0 Å². The lowest BCUT2D eigenvalue weighted by molar-refractivity contribution is 1.52. The monoisotopic (exact) mass is 432 g/mol. The normalized spacial score (nSPS) is 12.8. The molecule has 0 N–H and O–H groups in total. The molecule has 0 saturated carbocycles. The fraction of sp³-hybridized carbons (Fsp3) is 0.308. The van der Waals surface area contributed by atoms with Crippen LogP contribution in [0.25, 0.3) is 26.3 Å². The van der Waals surface area contributed by atoms with Crippen molar-refractivity contribution in [1.82, 2.24) is 0 Å². The van der Waals surface area contributed by atoms with Crippen LogP contribution in [0, 0.1) is 13.8 Å². The van der Waals surface area contributed by atoms with Gasteiger partial charge < -0.3 is 0 Å². The largest absolute Gasteiger partial charge is 0.0779 e. The summed E-state index contributed by atoms with van der Waals surface area (Å²) in [6.07, 6.45) is 0. The van der Waals surface area contributed by atoms with Crippen molar-refractivity contribution >= 4 is 55.1 Å². The van der Waals surface area contributed by atoms with Gasteiger partial charge in [-0.2, -0.15) is 0 Å². The Morgan fingerprint density at radius 1 is 0.586 bits per heavy atom. The van der Waals surface area contributed by atoms with E-state index in [4.69, 9.17) is 0 Å². The van der Waals surface area contributed by atoms with Crippen molar-refractivity contribution in [2.24, 2.45) is 0 Å². The Morgan fingerprint density at radius 3 is 1.38 bits per heavy atom. The van der Waals surface area contributed by atoms with Crippen LogP contribution in [-0.2, 0) is 0 Å². The van der Waals surface area contributed by atoms with Crippen molar-refractivity contribution in [2.75, 3.05) is 0 Å². The Hall–Kier alpha value is -1.61. The van der Waals surface area contributed by atoms with Gasteiger partial charge in [0, 0.05) is 10.2 Å². The highest BCUT2D eigenvalue weighted by Gasteiger charge is 2.25. The van der Waals surface area contributed by atoms with Gasteiger partial charge in [-0.3, -0.25) is 0 Å². The van der Waals surface area contributed by atoms with Gasteiger partial charge in [0.1, 0.15) is 0 Å². The van der Waals surface area contributed by atoms with E-state index < -0.39 is 23.7 Å². The Kier molecular flexibility index (Phi) is 4.97. The minimum atomic E-state index is -1.39. The van der Waals surface area contributed by atoms with Crippen LogP contribution in [0.1, 0.15) is 11.1 Å². The molecule has 0 nitrogen and oxygen atoms in total. The van der Waals surface area contributed by atoms with E-state index in [1.54, 1.807) is 20.6 Å². The highest BCUT2D eigenvalue weighted by atomic mass is 31.1. The van der Waals surface area contributed by atoms with E-state index >= 15 is 0 Å². The summed E-state index contributed by atoms with van der Waals surface area (Å²) in [7, 11) is -3.25. The molecule has 0 saturated heterocycles. The standard InChI is InChI=1S/C26H33PSi2/c1-18-14-23-21(16-25(18)28(3,4)5)22-17-26(29(6,7)8)19(2)15-24(22)27(23)20-12-10-9-11-13-20/h9-17H,1-8H3. The molecule has 0 amide bonds. The van der Waals surface area contributed by atoms with Crippen LogP contribution < -0.4 is 10.4 Å². The minimum absolute atomic E-state index is 0.470. The molecule has 150 valence electrons. The number of fused-ring (bicyclic) bond motifs is 3. The van der Waals surface area contributed by atoms with Crippen LogP contribution in [0.5, 0.6) is 0 Å². The van der Waals surface area contributed by atoms with Crippen LogP contribution in [0.2, 0.25) is 39.3 Å². The van der Waals surface area contributed by atoms with Gasteiger partial charge in [-0.05, 0) is 42.1 Å². The predicted octanol–water partition coefficient (Wildman–Crippen LogP) is 7.68. The van der Waals surface area contributed by atoms with Gasteiger partial charge in [0.05, 0.1) is 16.1 Å². The van der Waals surface area contributed by atoms with Crippen molar-refractivity contribution in [2.45, 2.75) is 53.1 Å². The summed E-state index contributed by atoms with van der Waals surface area (Å²) in [5.41, 5.74) is 2.97. The third kappa shape index (κ3) is 3.56. The SMILES string of the molecule is Cc1cc2c(cc1[Si](C)(C)C)c1cc([Si](C)(C)C)c(C)cc1p2-c1ccccc1. The Labute approximate surface area is 179 Å². The molecule has 0 bridgehead atoms. The lowest BCUT2D eigenvalue weighted by Gasteiger charge is -2.21. The molecule has 0 radical (unpaired) electrons. The van der Waals surface area contributed by atoms with Crippen molar-refractivity contribution in [3.05, 3.63) is 65.7 Å². The van der Waals surface area contributed by atoms with Crippen molar-refractivity contribution in [1.29, 1.82) is 0 Å². The van der Waals surface area contributed by atoms with Crippen LogP contribution in [0.15, 0.2) is 54.6 Å². The number of hydrogen-bond donors (Lipinski definition) is 0. The Balaban J connectivity index is 2.21. The number of rotatable bonds is 3. The fourth-order valence-electron chi connectivity index (χ4n) is 4.79. The van der Waals surface area contributed by atoms with Crippen LogP contribution in [-0.4, -0.2) is 16.1 Å². The molecule has 4 aromatic rings. The molecule has 1 heterocycles. The molecule has 29 heavy (non-hydrogen) atoms. The Morgan fingerprint density at radius 2 is 1.00 bits per heavy atom. The predicted molar refractivity (Wildman–Crippen MR) is 141 cm³/mol. The molecule has 0 unspecified atom stereocenters. The van der Waals surface area contributed by atoms with Crippen molar-refractivity contribution < 1.29 is 0 Å². The summed E-state index contributed by atoms with van der Waals surface area (Å²) >= 11 is 0. The van der Waals surface area contributed by atoms with E-state index in [1.165, 1.54) is 27.2 Å². The molecular weight excluding hydrogens is 399 g/mol. The third-order valence-electron chi connectivity index (χ3n) is 6.09. The first-order chi connectivity index (χ1) is 13.5. The molecule has 0 aliphatic heterocycles. The lowest BCUT2D eigenvalue weighted by atomic mass is 10.1. The zero-order valence-electron chi connectivity index (χ0n) is 19.1. The van der Waals surface area contributed by atoms with E-state index in [1.807, 2.05) is 0 Å². The van der Waals surface area contributed by atoms with Gasteiger partial charge in [-0.15, -0.1) is 0 Å². The first-order valence-corrected chi connectivity index (χ1v) is 19.0. The molecule has 4 rings (SSSR count). The van der Waals surface area contributed by atoms with Gasteiger partial charge >= 0.3 is 0 Å². The summed E-state index contributed by atoms with van der Waals surface area (Å²) in [6.45, 7) is 19.5. The maximum absolute atomic E-state index is 2.57. The van der Waals surface area contributed by atoms with E-state index in [-0.39, 0.29) is 0 Å². The summed E-state index contributed by atoms with van der Waals surface area (Å²) < 4.78 is 0. The summed E-state index contributed by atoms with van der Waals surface area (Å²) in [5, 5.41) is 10.8. The molecule has 3 aromatic carbocycles. The maximum Gasteiger partial charge on any atom is 0.0779 e. The summed E-state index contributed by atoms with van der Waals surface area (Å²) in [4.78, 5) is 0. The summed E-state index contributed by atoms with van der Waals surface area (Å²) in [5.74, 6) is 0. The fourth-order valence-corrected chi connectivity index (χ4v) is 11.2. The lowest BCUT2D eigenvalue weighted by Crippen LogP contribution is -2.39.